The summed E-state index contributed by atoms with van der Waals surface area (Å²) in [6, 6.07) is 0. The quantitative estimate of drug-likeness (QED) is 0.480. The van der Waals surface area contributed by atoms with E-state index in [2.05, 4.69) is 27.4 Å². The molecule has 1 nitrogen and oxygen atoms in total. The van der Waals surface area contributed by atoms with Gasteiger partial charge in [0.25, 0.3) is 0 Å². The summed E-state index contributed by atoms with van der Waals surface area (Å²) in [6.45, 7) is 16.4. The number of ether oxygens (including phenoxy) is 1. The molecule has 1 atom stereocenters. The first-order valence-corrected chi connectivity index (χ1v) is 5.40. The molecule has 0 bridgehead atoms. The third-order valence-electron chi connectivity index (χ3n) is 2.07. The zero-order valence-corrected chi connectivity index (χ0v) is 10.8. The Morgan fingerprint density at radius 3 is 1.86 bits per heavy atom. The van der Waals surface area contributed by atoms with E-state index < -0.39 is 0 Å². The molecule has 0 aliphatic rings. The van der Waals surface area contributed by atoms with Crippen LogP contribution in [0.1, 0.15) is 41.5 Å². The maximum atomic E-state index is 5.28. The minimum atomic E-state index is 0.465. The lowest BCUT2D eigenvalue weighted by Gasteiger charge is -2.18. The Morgan fingerprint density at radius 1 is 1.21 bits per heavy atom. The number of allylic oxidation sites excluding steroid dienone is 3. The van der Waals surface area contributed by atoms with Crippen LogP contribution >= 0.6 is 0 Å². The van der Waals surface area contributed by atoms with Crippen LogP contribution in [0.2, 0.25) is 0 Å². The molecule has 0 aromatic heterocycles. The van der Waals surface area contributed by atoms with Crippen LogP contribution in [0.3, 0.4) is 0 Å². The van der Waals surface area contributed by atoms with E-state index >= 15 is 0 Å². The van der Waals surface area contributed by atoms with Crippen molar-refractivity contribution in [1.82, 2.24) is 0 Å². The second-order valence-corrected chi connectivity index (χ2v) is 3.63. The molecule has 0 heterocycles. The van der Waals surface area contributed by atoms with Crippen LogP contribution in [0.25, 0.3) is 0 Å². The molecule has 0 saturated carbocycles. The SMILES string of the molecule is C=C(C)/C=C(\OC)[C@H](C)C(C)C.CC. The van der Waals surface area contributed by atoms with Crippen LogP contribution in [0, 0.1) is 11.8 Å². The Morgan fingerprint density at radius 2 is 1.64 bits per heavy atom. The lowest BCUT2D eigenvalue weighted by molar-refractivity contribution is 0.223. The van der Waals surface area contributed by atoms with Gasteiger partial charge in [0.1, 0.15) is 0 Å². The molecule has 0 aromatic rings. The van der Waals surface area contributed by atoms with E-state index in [1.807, 2.05) is 26.8 Å². The number of methoxy groups -OCH3 is 1. The molecule has 0 saturated heterocycles. The first kappa shape index (κ1) is 15.7. The van der Waals surface area contributed by atoms with E-state index in [1.165, 1.54) is 0 Å². The van der Waals surface area contributed by atoms with Crippen LogP contribution in [0.4, 0.5) is 0 Å². The van der Waals surface area contributed by atoms with Gasteiger partial charge in [-0.3, -0.25) is 0 Å². The third-order valence-corrected chi connectivity index (χ3v) is 2.07. The normalized spacial score (nSPS) is 13.0. The molecule has 1 heteroatoms. The summed E-state index contributed by atoms with van der Waals surface area (Å²) in [4.78, 5) is 0. The highest BCUT2D eigenvalue weighted by Crippen LogP contribution is 2.21. The molecule has 0 radical (unpaired) electrons. The highest BCUT2D eigenvalue weighted by Gasteiger charge is 2.12. The molecule has 0 aliphatic carbocycles. The summed E-state index contributed by atoms with van der Waals surface area (Å²) in [5.74, 6) is 2.10. The molecule has 0 unspecified atom stereocenters. The standard InChI is InChI=1S/C11H20O.C2H6/c1-8(2)7-11(12-6)10(5)9(3)4;1-2/h7,9-10H,1H2,2-6H3;1-2H3/b11-7-;/t10-;/m1./s1. The number of hydrogen-bond acceptors (Lipinski definition) is 1. The molecular weight excluding hydrogens is 172 g/mol. The molecular formula is C13H26O. The summed E-state index contributed by atoms with van der Waals surface area (Å²) in [7, 11) is 1.72. The van der Waals surface area contributed by atoms with Crippen molar-refractivity contribution in [2.24, 2.45) is 11.8 Å². The highest BCUT2D eigenvalue weighted by atomic mass is 16.5. The minimum absolute atomic E-state index is 0.465. The summed E-state index contributed by atoms with van der Waals surface area (Å²) < 4.78 is 5.28. The van der Waals surface area contributed by atoms with E-state index in [4.69, 9.17) is 4.74 Å². The van der Waals surface area contributed by atoms with E-state index in [0.717, 1.165) is 11.3 Å². The van der Waals surface area contributed by atoms with Gasteiger partial charge in [-0.1, -0.05) is 46.8 Å². The highest BCUT2D eigenvalue weighted by molar-refractivity contribution is 5.16. The van der Waals surface area contributed by atoms with Gasteiger partial charge in [-0.05, 0) is 18.9 Å². The van der Waals surface area contributed by atoms with Crippen molar-refractivity contribution in [3.05, 3.63) is 24.0 Å². The van der Waals surface area contributed by atoms with E-state index in [9.17, 15) is 0 Å². The van der Waals surface area contributed by atoms with Crippen molar-refractivity contribution in [3.63, 3.8) is 0 Å². The van der Waals surface area contributed by atoms with Gasteiger partial charge in [0, 0.05) is 5.92 Å². The number of rotatable bonds is 4. The summed E-state index contributed by atoms with van der Waals surface area (Å²) in [5.41, 5.74) is 1.04. The Kier molecular flexibility index (Phi) is 9.96. The molecule has 0 spiro atoms. The maximum absolute atomic E-state index is 5.28. The molecule has 14 heavy (non-hydrogen) atoms. The Balaban J connectivity index is 0. The number of hydrogen-bond donors (Lipinski definition) is 0. The van der Waals surface area contributed by atoms with Gasteiger partial charge >= 0.3 is 0 Å². The predicted octanol–water partition coefficient (Wildman–Crippen LogP) is 4.41. The minimum Gasteiger partial charge on any atom is -0.501 e. The molecule has 84 valence electrons. The smallest absolute Gasteiger partial charge is 0.0988 e. The fraction of sp³-hybridized carbons (Fsp3) is 0.692. The van der Waals surface area contributed by atoms with Crippen LogP contribution in [0.15, 0.2) is 24.0 Å². The summed E-state index contributed by atoms with van der Waals surface area (Å²) >= 11 is 0. The fourth-order valence-electron chi connectivity index (χ4n) is 0.948. The van der Waals surface area contributed by atoms with E-state index in [0.29, 0.717) is 11.8 Å². The van der Waals surface area contributed by atoms with Crippen molar-refractivity contribution < 1.29 is 4.74 Å². The lowest BCUT2D eigenvalue weighted by Crippen LogP contribution is -2.08. The van der Waals surface area contributed by atoms with Crippen molar-refractivity contribution in [1.29, 1.82) is 0 Å². The molecule has 0 aliphatic heterocycles. The van der Waals surface area contributed by atoms with Gasteiger partial charge in [-0.2, -0.15) is 0 Å². The predicted molar refractivity (Wildman–Crippen MR) is 65.3 cm³/mol. The van der Waals surface area contributed by atoms with Crippen molar-refractivity contribution in [3.8, 4) is 0 Å². The maximum Gasteiger partial charge on any atom is 0.0988 e. The molecule has 0 N–H and O–H groups in total. The van der Waals surface area contributed by atoms with Crippen LogP contribution in [0.5, 0.6) is 0 Å². The van der Waals surface area contributed by atoms with Gasteiger partial charge < -0.3 is 4.74 Å². The lowest BCUT2D eigenvalue weighted by atomic mass is 9.95. The third kappa shape index (κ3) is 6.76. The average Bonchev–Trinajstić information content (AvgIpc) is 2.15. The van der Waals surface area contributed by atoms with Crippen LogP contribution < -0.4 is 0 Å². The second-order valence-electron chi connectivity index (χ2n) is 3.63. The zero-order chi connectivity index (χ0) is 11.7. The van der Waals surface area contributed by atoms with E-state index in [1.54, 1.807) is 7.11 Å². The summed E-state index contributed by atoms with van der Waals surface area (Å²) in [5, 5.41) is 0. The Labute approximate surface area is 89.9 Å². The molecule has 0 aromatic carbocycles. The van der Waals surface area contributed by atoms with E-state index in [-0.39, 0.29) is 0 Å². The van der Waals surface area contributed by atoms with Crippen molar-refractivity contribution in [2.75, 3.05) is 7.11 Å². The fourth-order valence-corrected chi connectivity index (χ4v) is 0.948. The largest absolute Gasteiger partial charge is 0.501 e. The van der Waals surface area contributed by atoms with Gasteiger partial charge in [-0.15, -0.1) is 0 Å². The van der Waals surface area contributed by atoms with Gasteiger partial charge in [0.05, 0.1) is 12.9 Å². The van der Waals surface area contributed by atoms with Gasteiger partial charge in [0.2, 0.25) is 0 Å². The van der Waals surface area contributed by atoms with Crippen molar-refractivity contribution in [2.45, 2.75) is 41.5 Å². The van der Waals surface area contributed by atoms with Gasteiger partial charge in [-0.25, -0.2) is 0 Å². The molecule has 0 fully saturated rings. The van der Waals surface area contributed by atoms with Crippen LogP contribution in [-0.4, -0.2) is 7.11 Å². The van der Waals surface area contributed by atoms with Crippen LogP contribution in [-0.2, 0) is 4.74 Å². The summed E-state index contributed by atoms with van der Waals surface area (Å²) in [6.07, 6.45) is 2.00. The zero-order valence-electron chi connectivity index (χ0n) is 10.8. The Bertz CT molecular complexity index is 178. The molecule has 0 rings (SSSR count). The Hall–Kier alpha value is -0.720. The first-order chi connectivity index (χ1) is 6.49. The van der Waals surface area contributed by atoms with Gasteiger partial charge in [0.15, 0.2) is 0 Å². The van der Waals surface area contributed by atoms with Crippen molar-refractivity contribution >= 4 is 0 Å². The monoisotopic (exact) mass is 198 g/mol. The second kappa shape index (κ2) is 8.86. The molecule has 0 amide bonds. The average molecular weight is 198 g/mol. The first-order valence-electron chi connectivity index (χ1n) is 5.40. The topological polar surface area (TPSA) is 9.23 Å².